The Hall–Kier alpha value is -1.65. The molecule has 2 atom stereocenters. The predicted molar refractivity (Wildman–Crippen MR) is 90.9 cm³/mol. The van der Waals surface area contributed by atoms with E-state index in [1.807, 2.05) is 12.2 Å². The Bertz CT molecular complexity index is 495. The summed E-state index contributed by atoms with van der Waals surface area (Å²) >= 11 is 0. The Kier molecular flexibility index (Phi) is 5.69. The largest absolute Gasteiger partial charge is 0.353 e. The third-order valence-electron chi connectivity index (χ3n) is 5.60. The molecule has 0 aromatic carbocycles. The smallest absolute Gasteiger partial charge is 0.233 e. The van der Waals surface area contributed by atoms with Gasteiger partial charge in [0.05, 0.1) is 11.8 Å². The zero-order chi connectivity index (χ0) is 16.9. The Balaban J connectivity index is 1.42. The lowest BCUT2D eigenvalue weighted by Gasteiger charge is -2.17. The third kappa shape index (κ3) is 3.87. The Labute approximate surface area is 143 Å². The van der Waals surface area contributed by atoms with Crippen molar-refractivity contribution in [2.45, 2.75) is 70.3 Å². The second-order valence-corrected chi connectivity index (χ2v) is 7.34. The summed E-state index contributed by atoms with van der Waals surface area (Å²) in [4.78, 5) is 38.2. The highest BCUT2D eigenvalue weighted by Gasteiger charge is 2.46. The third-order valence-corrected chi connectivity index (χ3v) is 5.60. The van der Waals surface area contributed by atoms with E-state index in [4.69, 9.17) is 0 Å². The molecule has 0 radical (unpaired) electrons. The Morgan fingerprint density at radius 3 is 2.17 bits per heavy atom. The zero-order valence-electron chi connectivity index (χ0n) is 14.3. The van der Waals surface area contributed by atoms with Crippen LogP contribution in [0.4, 0.5) is 0 Å². The number of nitrogens with zero attached hydrogens (tertiary/aromatic N) is 1. The minimum absolute atomic E-state index is 0.0430. The van der Waals surface area contributed by atoms with Crippen LogP contribution in [0.2, 0.25) is 0 Å². The number of nitrogens with one attached hydrogen (secondary N) is 1. The molecule has 5 nitrogen and oxygen atoms in total. The monoisotopic (exact) mass is 332 g/mol. The van der Waals surface area contributed by atoms with E-state index in [0.29, 0.717) is 38.3 Å². The van der Waals surface area contributed by atoms with E-state index >= 15 is 0 Å². The Morgan fingerprint density at radius 1 is 1.00 bits per heavy atom. The molecular weight excluding hydrogens is 304 g/mol. The highest BCUT2D eigenvalue weighted by atomic mass is 16.2. The summed E-state index contributed by atoms with van der Waals surface area (Å²) in [7, 11) is 0. The summed E-state index contributed by atoms with van der Waals surface area (Å²) in [5, 5.41) is 3.12. The number of amides is 3. The van der Waals surface area contributed by atoms with Gasteiger partial charge in [-0.25, -0.2) is 0 Å². The van der Waals surface area contributed by atoms with Gasteiger partial charge < -0.3 is 5.32 Å². The molecule has 1 N–H and O–H groups in total. The lowest BCUT2D eigenvalue weighted by Crippen LogP contribution is -2.36. The number of allylic oxidation sites excluding steroid dienone is 2. The molecule has 1 aliphatic heterocycles. The number of carbonyl (C=O) groups excluding carboxylic acids is 3. The first-order valence-electron chi connectivity index (χ1n) is 9.46. The predicted octanol–water partition coefficient (Wildman–Crippen LogP) is 2.56. The molecule has 0 aromatic rings. The number of hydrogen-bond acceptors (Lipinski definition) is 3. The van der Waals surface area contributed by atoms with Crippen molar-refractivity contribution in [2.24, 2.45) is 11.8 Å². The lowest BCUT2D eigenvalue weighted by atomic mass is 9.85. The van der Waals surface area contributed by atoms with Crippen molar-refractivity contribution in [1.82, 2.24) is 10.2 Å². The van der Waals surface area contributed by atoms with Crippen LogP contribution in [-0.4, -0.2) is 35.2 Å². The quantitative estimate of drug-likeness (QED) is 0.478. The Morgan fingerprint density at radius 2 is 1.58 bits per heavy atom. The SMILES string of the molecule is O=C(CCCN1C(=O)[C@H]2CC=CC[C@H]2C1=O)NC1CCCCCC1. The summed E-state index contributed by atoms with van der Waals surface area (Å²) in [6.45, 7) is 0.378. The molecule has 1 heterocycles. The topological polar surface area (TPSA) is 66.5 Å². The molecule has 3 amide bonds. The van der Waals surface area contributed by atoms with Gasteiger partial charge in [0, 0.05) is 19.0 Å². The molecule has 3 aliphatic rings. The van der Waals surface area contributed by atoms with Crippen LogP contribution < -0.4 is 5.32 Å². The number of imide groups is 1. The summed E-state index contributed by atoms with van der Waals surface area (Å²) in [5.41, 5.74) is 0. The van der Waals surface area contributed by atoms with Gasteiger partial charge in [0.25, 0.3) is 0 Å². The fourth-order valence-electron chi connectivity index (χ4n) is 4.21. The highest BCUT2D eigenvalue weighted by Crippen LogP contribution is 2.35. The maximum atomic E-state index is 12.4. The van der Waals surface area contributed by atoms with Gasteiger partial charge in [-0.05, 0) is 32.1 Å². The second kappa shape index (κ2) is 7.95. The van der Waals surface area contributed by atoms with E-state index in [9.17, 15) is 14.4 Å². The van der Waals surface area contributed by atoms with Gasteiger partial charge in [-0.1, -0.05) is 37.8 Å². The number of hydrogen-bond donors (Lipinski definition) is 1. The van der Waals surface area contributed by atoms with Crippen molar-refractivity contribution < 1.29 is 14.4 Å². The zero-order valence-corrected chi connectivity index (χ0v) is 14.3. The second-order valence-electron chi connectivity index (χ2n) is 7.34. The number of carbonyl (C=O) groups is 3. The van der Waals surface area contributed by atoms with Gasteiger partial charge in [-0.2, -0.15) is 0 Å². The molecule has 132 valence electrons. The van der Waals surface area contributed by atoms with E-state index in [-0.39, 0.29) is 29.6 Å². The molecule has 5 heteroatoms. The molecular formula is C19H28N2O3. The summed E-state index contributed by atoms with van der Waals surface area (Å²) in [6, 6.07) is 0.309. The fourth-order valence-corrected chi connectivity index (χ4v) is 4.21. The molecule has 3 rings (SSSR count). The van der Waals surface area contributed by atoms with Crippen LogP contribution in [0.1, 0.15) is 64.2 Å². The summed E-state index contributed by atoms with van der Waals surface area (Å²) in [6.07, 6.45) is 13.4. The average Bonchev–Trinajstić information content (AvgIpc) is 2.77. The molecule has 1 saturated carbocycles. The van der Waals surface area contributed by atoms with Crippen LogP contribution in [0.5, 0.6) is 0 Å². The number of fused-ring (bicyclic) bond motifs is 1. The average molecular weight is 332 g/mol. The molecule has 2 aliphatic carbocycles. The van der Waals surface area contributed by atoms with Crippen LogP contribution in [0.25, 0.3) is 0 Å². The lowest BCUT2D eigenvalue weighted by molar-refractivity contribution is -0.140. The number of likely N-dealkylation sites (tertiary alicyclic amines) is 1. The van der Waals surface area contributed by atoms with Crippen LogP contribution in [0.3, 0.4) is 0 Å². The van der Waals surface area contributed by atoms with Gasteiger partial charge in [0.15, 0.2) is 0 Å². The van der Waals surface area contributed by atoms with Gasteiger partial charge in [-0.15, -0.1) is 0 Å². The fraction of sp³-hybridized carbons (Fsp3) is 0.737. The standard InChI is InChI=1S/C19H28N2O3/c22-17(20-14-8-3-1-2-4-9-14)12-7-13-21-18(23)15-10-5-6-11-16(15)19(21)24/h5-6,14-16H,1-4,7-13H2,(H,20,22)/t15-,16+. The van der Waals surface area contributed by atoms with Gasteiger partial charge >= 0.3 is 0 Å². The van der Waals surface area contributed by atoms with Gasteiger partial charge in [-0.3, -0.25) is 19.3 Å². The molecule has 1 saturated heterocycles. The van der Waals surface area contributed by atoms with Crippen molar-refractivity contribution in [2.75, 3.05) is 6.54 Å². The van der Waals surface area contributed by atoms with Crippen molar-refractivity contribution in [1.29, 1.82) is 0 Å². The van der Waals surface area contributed by atoms with Gasteiger partial charge in [0.1, 0.15) is 0 Å². The van der Waals surface area contributed by atoms with E-state index in [1.165, 1.54) is 30.6 Å². The van der Waals surface area contributed by atoms with Crippen molar-refractivity contribution >= 4 is 17.7 Å². The van der Waals surface area contributed by atoms with Crippen molar-refractivity contribution in [3.8, 4) is 0 Å². The minimum Gasteiger partial charge on any atom is -0.353 e. The molecule has 0 bridgehead atoms. The normalized spacial score (nSPS) is 27.9. The summed E-state index contributed by atoms with van der Waals surface area (Å²) in [5.74, 6) is -0.359. The van der Waals surface area contributed by atoms with E-state index < -0.39 is 0 Å². The van der Waals surface area contributed by atoms with Crippen LogP contribution >= 0.6 is 0 Å². The first-order valence-corrected chi connectivity index (χ1v) is 9.46. The van der Waals surface area contributed by atoms with Crippen molar-refractivity contribution in [3.63, 3.8) is 0 Å². The van der Waals surface area contributed by atoms with Crippen molar-refractivity contribution in [3.05, 3.63) is 12.2 Å². The van der Waals surface area contributed by atoms with E-state index in [0.717, 1.165) is 12.8 Å². The first-order chi connectivity index (χ1) is 11.7. The summed E-state index contributed by atoms with van der Waals surface area (Å²) < 4.78 is 0. The van der Waals surface area contributed by atoms with Gasteiger partial charge in [0.2, 0.25) is 17.7 Å². The van der Waals surface area contributed by atoms with E-state index in [2.05, 4.69) is 5.32 Å². The van der Waals surface area contributed by atoms with Crippen LogP contribution in [0.15, 0.2) is 12.2 Å². The highest BCUT2D eigenvalue weighted by molar-refractivity contribution is 6.05. The number of rotatable bonds is 5. The molecule has 24 heavy (non-hydrogen) atoms. The molecule has 0 unspecified atom stereocenters. The maximum absolute atomic E-state index is 12.4. The minimum atomic E-state index is -0.165. The maximum Gasteiger partial charge on any atom is 0.233 e. The van der Waals surface area contributed by atoms with Crippen LogP contribution in [-0.2, 0) is 14.4 Å². The van der Waals surface area contributed by atoms with Crippen LogP contribution in [0, 0.1) is 11.8 Å². The molecule has 0 aromatic heterocycles. The van der Waals surface area contributed by atoms with E-state index in [1.54, 1.807) is 0 Å². The molecule has 0 spiro atoms. The first kappa shape index (κ1) is 17.2. The molecule has 2 fully saturated rings.